The normalized spacial score (nSPS) is 14.6. The summed E-state index contributed by atoms with van der Waals surface area (Å²) in [6.07, 6.45) is 2.12. The van der Waals surface area contributed by atoms with Gasteiger partial charge in [-0.25, -0.2) is 0 Å². The Hall–Kier alpha value is -1.51. The molecule has 0 aliphatic carbocycles. The molecule has 0 spiro atoms. The van der Waals surface area contributed by atoms with Gasteiger partial charge >= 0.3 is 0 Å². The van der Waals surface area contributed by atoms with E-state index in [4.69, 9.17) is 4.74 Å². The number of hydrogen-bond donors (Lipinski definition) is 0. The SMILES string of the molecule is CCCCN1C(=O)COc2ccc(C)cc21. The Balaban J connectivity index is 2.31. The smallest absolute Gasteiger partial charge is 0.265 e. The summed E-state index contributed by atoms with van der Waals surface area (Å²) in [6, 6.07) is 5.96. The monoisotopic (exact) mass is 219 g/mol. The second kappa shape index (κ2) is 4.56. The van der Waals surface area contributed by atoms with Crippen molar-refractivity contribution in [1.82, 2.24) is 0 Å². The van der Waals surface area contributed by atoms with Crippen LogP contribution in [0.25, 0.3) is 0 Å². The zero-order chi connectivity index (χ0) is 11.5. The summed E-state index contributed by atoms with van der Waals surface area (Å²) in [5.74, 6) is 0.882. The third kappa shape index (κ3) is 2.03. The zero-order valence-corrected chi connectivity index (χ0v) is 9.82. The average Bonchev–Trinajstić information content (AvgIpc) is 2.28. The molecule has 3 nitrogen and oxygen atoms in total. The maximum absolute atomic E-state index is 11.8. The average molecular weight is 219 g/mol. The molecule has 1 aromatic rings. The van der Waals surface area contributed by atoms with Gasteiger partial charge in [0, 0.05) is 6.54 Å². The topological polar surface area (TPSA) is 29.5 Å². The van der Waals surface area contributed by atoms with E-state index in [0.29, 0.717) is 0 Å². The number of amides is 1. The predicted molar refractivity (Wildman–Crippen MR) is 63.9 cm³/mol. The minimum atomic E-state index is 0.0616. The predicted octanol–water partition coefficient (Wildman–Crippen LogP) is 2.52. The first kappa shape index (κ1) is 11.0. The molecule has 0 fully saturated rings. The van der Waals surface area contributed by atoms with Crippen LogP contribution < -0.4 is 9.64 Å². The third-order valence-corrected chi connectivity index (χ3v) is 2.79. The minimum Gasteiger partial charge on any atom is -0.482 e. The van der Waals surface area contributed by atoms with Crippen LogP contribution in [0.1, 0.15) is 25.3 Å². The number of fused-ring (bicyclic) bond motifs is 1. The first-order chi connectivity index (χ1) is 7.72. The molecule has 3 heteroatoms. The Morgan fingerprint density at radius 2 is 2.25 bits per heavy atom. The fourth-order valence-electron chi connectivity index (χ4n) is 1.87. The van der Waals surface area contributed by atoms with Gasteiger partial charge in [0.2, 0.25) is 0 Å². The first-order valence-corrected chi connectivity index (χ1v) is 5.76. The number of nitrogens with zero attached hydrogens (tertiary/aromatic N) is 1. The lowest BCUT2D eigenvalue weighted by Gasteiger charge is -2.29. The molecule has 16 heavy (non-hydrogen) atoms. The minimum absolute atomic E-state index is 0.0616. The summed E-state index contributed by atoms with van der Waals surface area (Å²) in [4.78, 5) is 13.6. The molecule has 2 rings (SSSR count). The Bertz CT molecular complexity index is 401. The van der Waals surface area contributed by atoms with E-state index in [9.17, 15) is 4.79 Å². The van der Waals surface area contributed by atoms with E-state index in [1.165, 1.54) is 0 Å². The Kier molecular flexibility index (Phi) is 3.13. The van der Waals surface area contributed by atoms with Gasteiger partial charge in [0.1, 0.15) is 5.75 Å². The van der Waals surface area contributed by atoms with Crippen molar-refractivity contribution < 1.29 is 9.53 Å². The first-order valence-electron chi connectivity index (χ1n) is 5.76. The van der Waals surface area contributed by atoms with Gasteiger partial charge in [-0.1, -0.05) is 19.4 Å². The van der Waals surface area contributed by atoms with Gasteiger partial charge in [0.25, 0.3) is 5.91 Å². The molecule has 0 N–H and O–H groups in total. The number of anilines is 1. The van der Waals surface area contributed by atoms with Crippen LogP contribution in [0, 0.1) is 6.92 Å². The molecule has 0 bridgehead atoms. The molecular formula is C13H17NO2. The van der Waals surface area contributed by atoms with E-state index in [0.717, 1.165) is 36.4 Å². The molecule has 0 unspecified atom stereocenters. The van der Waals surface area contributed by atoms with Crippen LogP contribution in [0.2, 0.25) is 0 Å². The van der Waals surface area contributed by atoms with E-state index >= 15 is 0 Å². The highest BCUT2D eigenvalue weighted by Crippen LogP contribution is 2.32. The van der Waals surface area contributed by atoms with Crippen molar-refractivity contribution in [2.45, 2.75) is 26.7 Å². The van der Waals surface area contributed by atoms with Crippen molar-refractivity contribution in [2.75, 3.05) is 18.1 Å². The molecule has 0 atom stereocenters. The van der Waals surface area contributed by atoms with Gasteiger partial charge in [-0.3, -0.25) is 4.79 Å². The molecule has 1 heterocycles. The number of aryl methyl sites for hydroxylation is 1. The van der Waals surface area contributed by atoms with Crippen LogP contribution in [-0.4, -0.2) is 19.1 Å². The fourth-order valence-corrected chi connectivity index (χ4v) is 1.87. The molecular weight excluding hydrogens is 202 g/mol. The van der Waals surface area contributed by atoms with Crippen molar-refractivity contribution in [3.8, 4) is 5.75 Å². The number of rotatable bonds is 3. The van der Waals surface area contributed by atoms with Crippen LogP contribution in [0.3, 0.4) is 0 Å². The number of hydrogen-bond acceptors (Lipinski definition) is 2. The molecule has 1 amide bonds. The van der Waals surface area contributed by atoms with Crippen LogP contribution in [0.5, 0.6) is 5.75 Å². The van der Waals surface area contributed by atoms with Crippen molar-refractivity contribution in [3.05, 3.63) is 23.8 Å². The number of carbonyl (C=O) groups excluding carboxylic acids is 1. The number of benzene rings is 1. The summed E-state index contributed by atoms with van der Waals surface area (Å²) in [7, 11) is 0. The van der Waals surface area contributed by atoms with Crippen molar-refractivity contribution >= 4 is 11.6 Å². The van der Waals surface area contributed by atoms with E-state index in [1.807, 2.05) is 30.0 Å². The Labute approximate surface area is 96.0 Å². The Morgan fingerprint density at radius 3 is 3.00 bits per heavy atom. The second-order valence-electron chi connectivity index (χ2n) is 4.16. The zero-order valence-electron chi connectivity index (χ0n) is 9.82. The summed E-state index contributed by atoms with van der Waals surface area (Å²) in [5.41, 5.74) is 2.07. The summed E-state index contributed by atoms with van der Waals surface area (Å²) in [5, 5.41) is 0. The molecule has 1 aliphatic heterocycles. The molecule has 0 aromatic heterocycles. The second-order valence-corrected chi connectivity index (χ2v) is 4.16. The van der Waals surface area contributed by atoms with E-state index < -0.39 is 0 Å². The lowest BCUT2D eigenvalue weighted by Crippen LogP contribution is -2.39. The molecule has 0 radical (unpaired) electrons. The highest BCUT2D eigenvalue weighted by molar-refractivity contribution is 5.97. The van der Waals surface area contributed by atoms with Crippen LogP contribution in [0.4, 0.5) is 5.69 Å². The van der Waals surface area contributed by atoms with Gasteiger partial charge < -0.3 is 9.64 Å². The summed E-state index contributed by atoms with van der Waals surface area (Å²) >= 11 is 0. The summed E-state index contributed by atoms with van der Waals surface area (Å²) in [6.45, 7) is 5.11. The van der Waals surface area contributed by atoms with Gasteiger partial charge in [0.15, 0.2) is 6.61 Å². The number of ether oxygens (including phenoxy) is 1. The molecule has 1 aliphatic rings. The molecule has 86 valence electrons. The number of unbranched alkanes of at least 4 members (excludes halogenated alkanes) is 1. The lowest BCUT2D eigenvalue weighted by atomic mass is 10.1. The quantitative estimate of drug-likeness (QED) is 0.781. The van der Waals surface area contributed by atoms with Crippen molar-refractivity contribution in [1.29, 1.82) is 0 Å². The van der Waals surface area contributed by atoms with Gasteiger partial charge in [0.05, 0.1) is 5.69 Å². The van der Waals surface area contributed by atoms with Gasteiger partial charge in [-0.2, -0.15) is 0 Å². The highest BCUT2D eigenvalue weighted by Gasteiger charge is 2.24. The maximum atomic E-state index is 11.8. The highest BCUT2D eigenvalue weighted by atomic mass is 16.5. The lowest BCUT2D eigenvalue weighted by molar-refractivity contribution is -0.121. The van der Waals surface area contributed by atoms with Crippen LogP contribution >= 0.6 is 0 Å². The molecule has 0 saturated carbocycles. The van der Waals surface area contributed by atoms with Crippen molar-refractivity contribution in [3.63, 3.8) is 0 Å². The van der Waals surface area contributed by atoms with Crippen molar-refractivity contribution in [2.24, 2.45) is 0 Å². The Morgan fingerprint density at radius 1 is 1.44 bits per heavy atom. The largest absolute Gasteiger partial charge is 0.482 e. The van der Waals surface area contributed by atoms with Crippen LogP contribution in [-0.2, 0) is 4.79 Å². The maximum Gasteiger partial charge on any atom is 0.265 e. The summed E-state index contributed by atoms with van der Waals surface area (Å²) < 4.78 is 5.41. The van der Waals surface area contributed by atoms with Gasteiger partial charge in [-0.15, -0.1) is 0 Å². The molecule has 0 saturated heterocycles. The molecule has 1 aromatic carbocycles. The van der Waals surface area contributed by atoms with E-state index in [-0.39, 0.29) is 12.5 Å². The fraction of sp³-hybridized carbons (Fsp3) is 0.462. The standard InChI is InChI=1S/C13H17NO2/c1-3-4-7-14-11-8-10(2)5-6-12(11)16-9-13(14)15/h5-6,8H,3-4,7,9H2,1-2H3. The van der Waals surface area contributed by atoms with Gasteiger partial charge in [-0.05, 0) is 31.0 Å². The van der Waals surface area contributed by atoms with E-state index in [1.54, 1.807) is 0 Å². The van der Waals surface area contributed by atoms with Crippen LogP contribution in [0.15, 0.2) is 18.2 Å². The van der Waals surface area contributed by atoms with E-state index in [2.05, 4.69) is 6.92 Å². The third-order valence-electron chi connectivity index (χ3n) is 2.79. The number of carbonyl (C=O) groups is 1.